The molecular formula is C16H18FNO. The van der Waals surface area contributed by atoms with Crippen LogP contribution in [0.3, 0.4) is 0 Å². The van der Waals surface area contributed by atoms with Gasteiger partial charge in [-0.3, -0.25) is 0 Å². The maximum absolute atomic E-state index is 13.3. The smallest absolute Gasteiger partial charge is 0.127 e. The van der Waals surface area contributed by atoms with Gasteiger partial charge in [0.25, 0.3) is 0 Å². The molecule has 0 atom stereocenters. The molecule has 19 heavy (non-hydrogen) atoms. The van der Waals surface area contributed by atoms with Gasteiger partial charge in [-0.25, -0.2) is 4.39 Å². The van der Waals surface area contributed by atoms with E-state index in [1.807, 2.05) is 24.3 Å². The number of aryl methyl sites for hydroxylation is 1. The number of rotatable bonds is 6. The number of hydrogen-bond acceptors (Lipinski definition) is 2. The fourth-order valence-electron chi connectivity index (χ4n) is 1.99. The SMILES string of the molecule is Oc1ccccc1CCCNCc1ccccc1F. The Morgan fingerprint density at radius 2 is 1.63 bits per heavy atom. The van der Waals surface area contributed by atoms with Gasteiger partial charge in [0.15, 0.2) is 0 Å². The minimum atomic E-state index is -0.171. The number of nitrogens with one attached hydrogen (secondary N) is 1. The molecule has 0 saturated heterocycles. The van der Waals surface area contributed by atoms with E-state index >= 15 is 0 Å². The molecule has 3 heteroatoms. The molecule has 2 aromatic rings. The van der Waals surface area contributed by atoms with Crippen LogP contribution >= 0.6 is 0 Å². The minimum Gasteiger partial charge on any atom is -0.508 e. The third-order valence-electron chi connectivity index (χ3n) is 3.06. The summed E-state index contributed by atoms with van der Waals surface area (Å²) in [4.78, 5) is 0. The molecule has 2 rings (SSSR count). The Kier molecular flexibility index (Phi) is 4.93. The van der Waals surface area contributed by atoms with Crippen molar-refractivity contribution in [2.45, 2.75) is 19.4 Å². The van der Waals surface area contributed by atoms with Crippen LogP contribution in [0.2, 0.25) is 0 Å². The summed E-state index contributed by atoms with van der Waals surface area (Å²) in [5, 5.41) is 12.8. The first-order valence-corrected chi connectivity index (χ1v) is 6.48. The first-order chi connectivity index (χ1) is 9.27. The van der Waals surface area contributed by atoms with Gasteiger partial charge >= 0.3 is 0 Å². The van der Waals surface area contributed by atoms with E-state index in [1.54, 1.807) is 18.2 Å². The zero-order chi connectivity index (χ0) is 13.5. The second kappa shape index (κ2) is 6.90. The van der Waals surface area contributed by atoms with Gasteiger partial charge in [-0.15, -0.1) is 0 Å². The van der Waals surface area contributed by atoms with Gasteiger partial charge in [-0.1, -0.05) is 36.4 Å². The zero-order valence-electron chi connectivity index (χ0n) is 10.8. The lowest BCUT2D eigenvalue weighted by atomic mass is 10.1. The molecule has 2 nitrogen and oxygen atoms in total. The lowest BCUT2D eigenvalue weighted by Gasteiger charge is -2.07. The fourth-order valence-corrected chi connectivity index (χ4v) is 1.99. The summed E-state index contributed by atoms with van der Waals surface area (Å²) in [6.07, 6.45) is 1.73. The lowest BCUT2D eigenvalue weighted by molar-refractivity contribution is 0.466. The van der Waals surface area contributed by atoms with Crippen molar-refractivity contribution in [2.75, 3.05) is 6.54 Å². The summed E-state index contributed by atoms with van der Waals surface area (Å²) in [6.45, 7) is 1.33. The number of phenolic OH excluding ortho intramolecular Hbond substituents is 1. The van der Waals surface area contributed by atoms with Crippen molar-refractivity contribution in [1.29, 1.82) is 0 Å². The number of aromatic hydroxyl groups is 1. The molecular weight excluding hydrogens is 241 g/mol. The van der Waals surface area contributed by atoms with Gasteiger partial charge in [0.05, 0.1) is 0 Å². The van der Waals surface area contributed by atoms with E-state index in [0.717, 1.165) is 24.9 Å². The highest BCUT2D eigenvalue weighted by atomic mass is 19.1. The third-order valence-corrected chi connectivity index (χ3v) is 3.06. The molecule has 100 valence electrons. The first-order valence-electron chi connectivity index (χ1n) is 6.48. The Balaban J connectivity index is 1.71. The van der Waals surface area contributed by atoms with E-state index in [1.165, 1.54) is 6.07 Å². The van der Waals surface area contributed by atoms with Crippen molar-refractivity contribution < 1.29 is 9.50 Å². The Morgan fingerprint density at radius 1 is 0.947 bits per heavy atom. The zero-order valence-corrected chi connectivity index (χ0v) is 10.8. The van der Waals surface area contributed by atoms with Crippen LogP contribution in [0.25, 0.3) is 0 Å². The molecule has 0 saturated carbocycles. The molecule has 0 aliphatic heterocycles. The summed E-state index contributed by atoms with van der Waals surface area (Å²) >= 11 is 0. The number of benzene rings is 2. The van der Waals surface area contributed by atoms with Crippen LogP contribution in [0.1, 0.15) is 17.5 Å². The summed E-state index contributed by atoms with van der Waals surface area (Å²) < 4.78 is 13.3. The molecule has 0 spiro atoms. The monoisotopic (exact) mass is 259 g/mol. The van der Waals surface area contributed by atoms with Crippen molar-refractivity contribution in [3.8, 4) is 5.75 Å². The number of phenols is 1. The molecule has 0 bridgehead atoms. The minimum absolute atomic E-state index is 0.171. The second-order valence-electron chi connectivity index (χ2n) is 4.50. The van der Waals surface area contributed by atoms with Gasteiger partial charge in [0.1, 0.15) is 11.6 Å². The molecule has 2 N–H and O–H groups in total. The fraction of sp³-hybridized carbons (Fsp3) is 0.250. The molecule has 0 heterocycles. The predicted molar refractivity (Wildman–Crippen MR) is 74.5 cm³/mol. The molecule has 0 aromatic heterocycles. The molecule has 0 aliphatic rings. The normalized spacial score (nSPS) is 10.6. The number of para-hydroxylation sites is 1. The van der Waals surface area contributed by atoms with E-state index < -0.39 is 0 Å². The molecule has 0 aliphatic carbocycles. The van der Waals surface area contributed by atoms with Gasteiger partial charge < -0.3 is 10.4 Å². The van der Waals surface area contributed by atoms with E-state index in [4.69, 9.17) is 0 Å². The van der Waals surface area contributed by atoms with Crippen LogP contribution in [-0.2, 0) is 13.0 Å². The van der Waals surface area contributed by atoms with Gasteiger partial charge in [0, 0.05) is 12.1 Å². The average molecular weight is 259 g/mol. The highest BCUT2D eigenvalue weighted by molar-refractivity contribution is 5.31. The summed E-state index contributed by atoms with van der Waals surface area (Å²) in [5.41, 5.74) is 1.64. The van der Waals surface area contributed by atoms with E-state index in [2.05, 4.69) is 5.32 Å². The summed E-state index contributed by atoms with van der Waals surface area (Å²) in [7, 11) is 0. The van der Waals surface area contributed by atoms with Crippen molar-refractivity contribution in [3.05, 3.63) is 65.5 Å². The summed E-state index contributed by atoms with van der Waals surface area (Å²) in [6, 6.07) is 14.1. The Bertz CT molecular complexity index is 480. The van der Waals surface area contributed by atoms with Crippen LogP contribution in [-0.4, -0.2) is 11.7 Å². The Hall–Kier alpha value is -1.87. The van der Waals surface area contributed by atoms with Crippen LogP contribution < -0.4 is 5.32 Å². The maximum atomic E-state index is 13.3. The van der Waals surface area contributed by atoms with Gasteiger partial charge in [-0.05, 0) is 37.1 Å². The Morgan fingerprint density at radius 3 is 2.37 bits per heavy atom. The van der Waals surface area contributed by atoms with Crippen molar-refractivity contribution in [2.24, 2.45) is 0 Å². The van der Waals surface area contributed by atoms with Crippen LogP contribution in [0, 0.1) is 5.82 Å². The molecule has 0 fully saturated rings. The third kappa shape index (κ3) is 4.07. The molecule has 2 aromatic carbocycles. The average Bonchev–Trinajstić information content (AvgIpc) is 2.42. The maximum Gasteiger partial charge on any atom is 0.127 e. The van der Waals surface area contributed by atoms with Crippen molar-refractivity contribution in [1.82, 2.24) is 5.32 Å². The molecule has 0 unspecified atom stereocenters. The summed E-state index contributed by atoms with van der Waals surface area (Å²) in [5.74, 6) is 0.173. The van der Waals surface area contributed by atoms with E-state index in [9.17, 15) is 9.50 Å². The van der Waals surface area contributed by atoms with Crippen LogP contribution in [0.5, 0.6) is 5.75 Å². The van der Waals surface area contributed by atoms with Gasteiger partial charge in [-0.2, -0.15) is 0 Å². The van der Waals surface area contributed by atoms with E-state index in [0.29, 0.717) is 17.9 Å². The highest BCUT2D eigenvalue weighted by Gasteiger charge is 2.01. The largest absolute Gasteiger partial charge is 0.508 e. The van der Waals surface area contributed by atoms with Crippen LogP contribution in [0.4, 0.5) is 4.39 Å². The van der Waals surface area contributed by atoms with Gasteiger partial charge in [0.2, 0.25) is 0 Å². The number of hydrogen-bond donors (Lipinski definition) is 2. The lowest BCUT2D eigenvalue weighted by Crippen LogP contribution is -2.16. The highest BCUT2D eigenvalue weighted by Crippen LogP contribution is 2.16. The van der Waals surface area contributed by atoms with E-state index in [-0.39, 0.29) is 5.82 Å². The van der Waals surface area contributed by atoms with Crippen LogP contribution in [0.15, 0.2) is 48.5 Å². The quantitative estimate of drug-likeness (QED) is 0.780. The standard InChI is InChI=1S/C16H18FNO/c17-15-9-3-1-7-14(15)12-18-11-5-8-13-6-2-4-10-16(13)19/h1-4,6-7,9-10,18-19H,5,8,11-12H2. The van der Waals surface area contributed by atoms with Crippen molar-refractivity contribution >= 4 is 0 Å². The topological polar surface area (TPSA) is 32.3 Å². The first kappa shape index (κ1) is 13.6. The molecule has 0 amide bonds. The molecule has 0 radical (unpaired) electrons. The predicted octanol–water partition coefficient (Wildman–Crippen LogP) is 3.25. The Labute approximate surface area is 112 Å². The number of halogens is 1. The van der Waals surface area contributed by atoms with Crippen molar-refractivity contribution in [3.63, 3.8) is 0 Å². The second-order valence-corrected chi connectivity index (χ2v) is 4.50.